The number of carbonyl (C=O) groups is 1. The average Bonchev–Trinajstić information content (AvgIpc) is 3.66. The molecule has 1 saturated carbocycles. The first-order valence-electron chi connectivity index (χ1n) is 11.4. The molecule has 0 atom stereocenters. The van der Waals surface area contributed by atoms with Gasteiger partial charge in [-0.15, -0.1) is 5.10 Å². The molecule has 0 unspecified atom stereocenters. The Balaban J connectivity index is 1.47. The number of carbonyl (C=O) groups excluding carboxylic acids is 1. The highest BCUT2D eigenvalue weighted by molar-refractivity contribution is 5.90. The molecule has 0 spiro atoms. The Morgan fingerprint density at radius 3 is 2.32 bits per heavy atom. The number of hydrogen-bond acceptors (Lipinski definition) is 6. The number of urea groups is 1. The van der Waals surface area contributed by atoms with Crippen LogP contribution >= 0.6 is 0 Å². The van der Waals surface area contributed by atoms with E-state index in [1.807, 2.05) is 0 Å². The minimum absolute atomic E-state index is 0.0210. The summed E-state index contributed by atoms with van der Waals surface area (Å²) in [5.41, 5.74) is -0.680. The van der Waals surface area contributed by atoms with Gasteiger partial charge in [0, 0.05) is 30.3 Å². The van der Waals surface area contributed by atoms with E-state index >= 15 is 0 Å². The molecular formula is C24H26F3N5O5. The fraction of sp³-hybridized carbons (Fsp3) is 0.375. The van der Waals surface area contributed by atoms with Crippen LogP contribution < -0.4 is 30.5 Å². The lowest BCUT2D eigenvalue weighted by Crippen LogP contribution is -2.34. The fourth-order valence-corrected chi connectivity index (χ4v) is 3.86. The third kappa shape index (κ3) is 5.65. The van der Waals surface area contributed by atoms with Crippen LogP contribution in [-0.4, -0.2) is 48.3 Å². The Labute approximate surface area is 209 Å². The van der Waals surface area contributed by atoms with Gasteiger partial charge in [-0.1, -0.05) is 12.1 Å². The van der Waals surface area contributed by atoms with Crippen molar-refractivity contribution in [1.82, 2.24) is 19.7 Å². The standard InChI is InChI=1S/C24H26F3N5O5/c1-35-18-12-16(13-19(36-2)20(18)37-3)29-22(33)28-9-10-31-23(34)32(17-7-8-17)21(30-31)14-5-4-6-15(11-14)24(25,26)27/h4-6,11-13,17H,7-10H2,1-3H3,(H2,28,29,33). The molecule has 3 aromatic rings. The van der Waals surface area contributed by atoms with Gasteiger partial charge < -0.3 is 24.8 Å². The van der Waals surface area contributed by atoms with Gasteiger partial charge in [0.15, 0.2) is 17.3 Å². The molecule has 1 fully saturated rings. The molecule has 1 aliphatic rings. The van der Waals surface area contributed by atoms with Gasteiger partial charge >= 0.3 is 17.9 Å². The topological polar surface area (TPSA) is 109 Å². The Bertz CT molecular complexity index is 1320. The van der Waals surface area contributed by atoms with E-state index in [1.165, 1.54) is 38.0 Å². The Kier molecular flexibility index (Phi) is 7.32. The summed E-state index contributed by atoms with van der Waals surface area (Å²) in [4.78, 5) is 25.4. The van der Waals surface area contributed by atoms with Crippen LogP contribution in [0.2, 0.25) is 0 Å². The zero-order valence-electron chi connectivity index (χ0n) is 20.4. The molecule has 1 heterocycles. The number of nitrogens with zero attached hydrogens (tertiary/aromatic N) is 3. The number of halogens is 3. The minimum atomic E-state index is -4.52. The van der Waals surface area contributed by atoms with Crippen LogP contribution in [0.15, 0.2) is 41.2 Å². The summed E-state index contributed by atoms with van der Waals surface area (Å²) in [5, 5.41) is 9.57. The van der Waals surface area contributed by atoms with Crippen molar-refractivity contribution in [1.29, 1.82) is 0 Å². The predicted octanol–water partition coefficient (Wildman–Crippen LogP) is 3.91. The quantitative estimate of drug-likeness (QED) is 0.442. The van der Waals surface area contributed by atoms with Crippen molar-refractivity contribution in [3.8, 4) is 28.6 Å². The smallest absolute Gasteiger partial charge is 0.416 e. The van der Waals surface area contributed by atoms with Gasteiger partial charge in [0.1, 0.15) is 0 Å². The SMILES string of the molecule is COc1cc(NC(=O)NCCn2nc(-c3cccc(C(F)(F)F)c3)n(C3CC3)c2=O)cc(OC)c1OC. The van der Waals surface area contributed by atoms with E-state index in [2.05, 4.69) is 15.7 Å². The lowest BCUT2D eigenvalue weighted by atomic mass is 10.1. The highest BCUT2D eigenvalue weighted by atomic mass is 19.4. The molecule has 4 rings (SSSR count). The van der Waals surface area contributed by atoms with Crippen LogP contribution in [0.4, 0.5) is 23.7 Å². The first-order chi connectivity index (χ1) is 17.7. The molecule has 0 bridgehead atoms. The summed E-state index contributed by atoms with van der Waals surface area (Å²) < 4.78 is 58.0. The Morgan fingerprint density at radius 1 is 1.08 bits per heavy atom. The second-order valence-electron chi connectivity index (χ2n) is 8.30. The first kappa shape index (κ1) is 25.9. The van der Waals surface area contributed by atoms with Gasteiger partial charge in [-0.3, -0.25) is 4.57 Å². The summed E-state index contributed by atoms with van der Waals surface area (Å²) in [6.45, 7) is 0.0626. The van der Waals surface area contributed by atoms with Crippen molar-refractivity contribution in [3.05, 3.63) is 52.4 Å². The van der Waals surface area contributed by atoms with Crippen molar-refractivity contribution in [3.63, 3.8) is 0 Å². The second kappa shape index (κ2) is 10.4. The highest BCUT2D eigenvalue weighted by Gasteiger charge is 2.33. The van der Waals surface area contributed by atoms with Crippen molar-refractivity contribution in [2.75, 3.05) is 33.2 Å². The molecule has 2 N–H and O–H groups in total. The fourth-order valence-electron chi connectivity index (χ4n) is 3.86. The number of anilines is 1. The maximum atomic E-state index is 13.2. The van der Waals surface area contributed by atoms with E-state index in [1.54, 1.807) is 12.1 Å². The van der Waals surface area contributed by atoms with Crippen molar-refractivity contribution < 1.29 is 32.2 Å². The number of alkyl halides is 3. The summed E-state index contributed by atoms with van der Waals surface area (Å²) in [5.74, 6) is 1.26. The largest absolute Gasteiger partial charge is 0.493 e. The molecule has 0 aliphatic heterocycles. The number of benzene rings is 2. The maximum absolute atomic E-state index is 13.2. The maximum Gasteiger partial charge on any atom is 0.416 e. The number of hydrogen-bond donors (Lipinski definition) is 2. The van der Waals surface area contributed by atoms with Gasteiger partial charge in [-0.05, 0) is 25.0 Å². The molecule has 2 amide bonds. The van der Waals surface area contributed by atoms with Crippen LogP contribution in [0.5, 0.6) is 17.2 Å². The molecule has 0 saturated heterocycles. The van der Waals surface area contributed by atoms with Gasteiger partial charge in [-0.25, -0.2) is 14.3 Å². The second-order valence-corrected chi connectivity index (χ2v) is 8.30. The number of nitrogens with one attached hydrogen (secondary N) is 2. The zero-order chi connectivity index (χ0) is 26.7. The number of methoxy groups -OCH3 is 3. The average molecular weight is 521 g/mol. The molecule has 2 aromatic carbocycles. The summed E-state index contributed by atoms with van der Waals surface area (Å²) in [6.07, 6.45) is -3.03. The molecule has 13 heteroatoms. The third-order valence-corrected chi connectivity index (χ3v) is 5.76. The lowest BCUT2D eigenvalue weighted by molar-refractivity contribution is -0.137. The predicted molar refractivity (Wildman–Crippen MR) is 128 cm³/mol. The van der Waals surface area contributed by atoms with Crippen molar-refractivity contribution in [2.24, 2.45) is 0 Å². The van der Waals surface area contributed by atoms with Gasteiger partial charge in [0.2, 0.25) is 5.75 Å². The van der Waals surface area contributed by atoms with Crippen LogP contribution in [0, 0.1) is 0 Å². The van der Waals surface area contributed by atoms with Crippen LogP contribution in [-0.2, 0) is 12.7 Å². The third-order valence-electron chi connectivity index (χ3n) is 5.76. The Morgan fingerprint density at radius 2 is 1.76 bits per heavy atom. The molecule has 1 aromatic heterocycles. The first-order valence-corrected chi connectivity index (χ1v) is 11.4. The zero-order valence-corrected chi connectivity index (χ0v) is 20.4. The number of aromatic nitrogens is 3. The van der Waals surface area contributed by atoms with E-state index in [0.29, 0.717) is 22.9 Å². The summed E-state index contributed by atoms with van der Waals surface area (Å²) in [6, 6.07) is 7.18. The lowest BCUT2D eigenvalue weighted by Gasteiger charge is -2.14. The van der Waals surface area contributed by atoms with E-state index in [9.17, 15) is 22.8 Å². The normalized spacial score (nSPS) is 13.2. The minimum Gasteiger partial charge on any atom is -0.493 e. The van der Waals surface area contributed by atoms with E-state index in [0.717, 1.165) is 29.7 Å². The number of amides is 2. The summed E-state index contributed by atoms with van der Waals surface area (Å²) >= 11 is 0. The van der Waals surface area contributed by atoms with E-state index in [-0.39, 0.29) is 30.5 Å². The highest BCUT2D eigenvalue weighted by Crippen LogP contribution is 2.40. The number of ether oxygens (including phenoxy) is 3. The number of rotatable bonds is 9. The summed E-state index contributed by atoms with van der Waals surface area (Å²) in [7, 11) is 4.37. The molecule has 0 radical (unpaired) electrons. The van der Waals surface area contributed by atoms with Crippen LogP contribution in [0.1, 0.15) is 24.4 Å². The van der Waals surface area contributed by atoms with Crippen LogP contribution in [0.25, 0.3) is 11.4 Å². The van der Waals surface area contributed by atoms with E-state index < -0.39 is 23.5 Å². The van der Waals surface area contributed by atoms with Crippen molar-refractivity contribution in [2.45, 2.75) is 31.6 Å². The molecular weight excluding hydrogens is 495 g/mol. The van der Waals surface area contributed by atoms with Gasteiger partial charge in [0.05, 0.1) is 39.1 Å². The molecule has 10 nitrogen and oxygen atoms in total. The monoisotopic (exact) mass is 521 g/mol. The van der Waals surface area contributed by atoms with Gasteiger partial charge in [0.25, 0.3) is 0 Å². The van der Waals surface area contributed by atoms with Crippen molar-refractivity contribution >= 4 is 11.7 Å². The molecule has 198 valence electrons. The van der Waals surface area contributed by atoms with E-state index in [4.69, 9.17) is 14.2 Å². The molecule has 37 heavy (non-hydrogen) atoms. The molecule has 1 aliphatic carbocycles. The van der Waals surface area contributed by atoms with Crippen LogP contribution in [0.3, 0.4) is 0 Å². The van der Waals surface area contributed by atoms with Gasteiger partial charge in [-0.2, -0.15) is 13.2 Å². The Hall–Kier alpha value is -4.16.